The topological polar surface area (TPSA) is 125 Å². The van der Waals surface area contributed by atoms with E-state index in [9.17, 15) is 23.1 Å². The van der Waals surface area contributed by atoms with Crippen molar-refractivity contribution in [3.63, 3.8) is 0 Å². The molecule has 0 spiro atoms. The first-order valence-corrected chi connectivity index (χ1v) is 12.5. The third-order valence-corrected chi connectivity index (χ3v) is 6.13. The Labute approximate surface area is 234 Å². The second-order valence-corrected chi connectivity index (χ2v) is 9.37. The van der Waals surface area contributed by atoms with Gasteiger partial charge >= 0.3 is 6.18 Å². The van der Waals surface area contributed by atoms with Crippen LogP contribution in [0.2, 0.25) is 0 Å². The molecule has 5 rings (SSSR count). The summed E-state index contributed by atoms with van der Waals surface area (Å²) >= 11 is 0. The molecular formula is C26H21B2F3N6O4. The third-order valence-electron chi connectivity index (χ3n) is 6.13. The van der Waals surface area contributed by atoms with Gasteiger partial charge in [-0.2, -0.15) is 13.2 Å². The highest BCUT2D eigenvalue weighted by Crippen LogP contribution is 2.45. The third kappa shape index (κ3) is 6.09. The highest BCUT2D eigenvalue weighted by atomic mass is 19.4. The summed E-state index contributed by atoms with van der Waals surface area (Å²) in [5.74, 6) is -0.450. The summed E-state index contributed by atoms with van der Waals surface area (Å²) in [7, 11) is 12.3. The minimum Gasteiger partial charge on any atom is -0.490 e. The van der Waals surface area contributed by atoms with Crippen LogP contribution >= 0.6 is 0 Å². The Hall–Kier alpha value is -4.26. The number of nitrogens with zero attached hydrogens (tertiary/aromatic N) is 6. The fourth-order valence-corrected chi connectivity index (χ4v) is 4.18. The minimum absolute atomic E-state index is 0.0165. The molecule has 1 N–H and O–H groups in total. The van der Waals surface area contributed by atoms with E-state index in [2.05, 4.69) is 24.9 Å². The van der Waals surface area contributed by atoms with Crippen molar-refractivity contribution >= 4 is 21.5 Å². The van der Waals surface area contributed by atoms with Crippen LogP contribution in [0.4, 0.5) is 13.2 Å². The molecule has 1 aliphatic carbocycles. The van der Waals surface area contributed by atoms with Crippen molar-refractivity contribution in [3.8, 4) is 34.4 Å². The van der Waals surface area contributed by atoms with Crippen molar-refractivity contribution in [1.29, 1.82) is 0 Å². The number of aliphatic hydroxyl groups is 1. The molecule has 3 aromatic heterocycles. The number of hydrogen-bond donors (Lipinski definition) is 1. The number of alkyl halides is 3. The molecule has 15 heteroatoms. The van der Waals surface area contributed by atoms with Gasteiger partial charge in [-0.25, -0.2) is 24.9 Å². The average Bonchev–Trinajstić information content (AvgIpc) is 3.68. The van der Waals surface area contributed by atoms with Crippen molar-refractivity contribution in [2.45, 2.75) is 37.4 Å². The van der Waals surface area contributed by atoms with Gasteiger partial charge < -0.3 is 19.1 Å². The fourth-order valence-electron chi connectivity index (χ4n) is 4.18. The van der Waals surface area contributed by atoms with Gasteiger partial charge in [0.1, 0.15) is 23.3 Å². The second kappa shape index (κ2) is 10.6. The van der Waals surface area contributed by atoms with Crippen LogP contribution in [0.1, 0.15) is 53.1 Å². The van der Waals surface area contributed by atoms with Gasteiger partial charge in [0.25, 0.3) is 0 Å². The lowest BCUT2D eigenvalue weighted by Crippen LogP contribution is -2.37. The summed E-state index contributed by atoms with van der Waals surface area (Å²) in [4.78, 5) is 34.5. The monoisotopic (exact) mass is 560 g/mol. The van der Waals surface area contributed by atoms with Gasteiger partial charge in [-0.1, -0.05) is 24.3 Å². The Balaban J connectivity index is 1.54. The number of ketones is 1. The fraction of sp³-hybridized carbons (Fsp3) is 0.308. The first-order valence-electron chi connectivity index (χ1n) is 12.5. The largest absolute Gasteiger partial charge is 0.490 e. The lowest BCUT2D eigenvalue weighted by Gasteiger charge is -2.22. The van der Waals surface area contributed by atoms with Gasteiger partial charge in [-0.3, -0.25) is 4.79 Å². The lowest BCUT2D eigenvalue weighted by molar-refractivity contribution is -0.140. The normalized spacial score (nSPS) is 13.7. The summed E-state index contributed by atoms with van der Waals surface area (Å²) in [6.07, 6.45) is 0.545. The molecule has 0 saturated heterocycles. The first-order chi connectivity index (χ1) is 19.4. The number of halogens is 3. The van der Waals surface area contributed by atoms with Crippen LogP contribution in [0.3, 0.4) is 0 Å². The summed E-state index contributed by atoms with van der Waals surface area (Å²) in [6.45, 7) is 1.94. The van der Waals surface area contributed by atoms with Crippen molar-refractivity contribution in [2.24, 2.45) is 7.05 Å². The number of aryl methyl sites for hydroxylation is 1. The predicted molar refractivity (Wildman–Crippen MR) is 140 cm³/mol. The molecule has 0 aliphatic heterocycles. The quantitative estimate of drug-likeness (QED) is 0.187. The Kier molecular flexibility index (Phi) is 7.32. The van der Waals surface area contributed by atoms with Crippen molar-refractivity contribution in [1.82, 2.24) is 29.5 Å². The molecule has 3 heterocycles. The highest BCUT2D eigenvalue weighted by Gasteiger charge is 2.35. The molecule has 1 saturated carbocycles. The maximum absolute atomic E-state index is 13.6. The van der Waals surface area contributed by atoms with Crippen molar-refractivity contribution in [2.75, 3.05) is 6.61 Å². The molecule has 41 heavy (non-hydrogen) atoms. The summed E-state index contributed by atoms with van der Waals surface area (Å²) in [5.41, 5.74) is -2.34. The maximum atomic E-state index is 13.6. The summed E-state index contributed by atoms with van der Waals surface area (Å²) < 4.78 is 51.4. The zero-order valence-corrected chi connectivity index (χ0v) is 21.9. The molecule has 10 nitrogen and oxygen atoms in total. The van der Waals surface area contributed by atoms with Crippen LogP contribution in [-0.4, -0.2) is 68.3 Å². The maximum Gasteiger partial charge on any atom is 0.434 e. The van der Waals surface area contributed by atoms with Crippen molar-refractivity contribution < 1.29 is 32.5 Å². The predicted octanol–water partition coefficient (Wildman–Crippen LogP) is 3.18. The molecule has 4 aromatic rings. The number of carbonyl (C=O) groups excluding carboxylic acids is 1. The molecule has 0 amide bonds. The number of ether oxygens (including phenoxy) is 2. The molecule has 1 aromatic carbocycles. The molecule has 206 valence electrons. The van der Waals surface area contributed by atoms with E-state index < -0.39 is 23.2 Å². The van der Waals surface area contributed by atoms with Crippen molar-refractivity contribution in [3.05, 3.63) is 65.6 Å². The van der Waals surface area contributed by atoms with E-state index in [1.807, 2.05) is 0 Å². The SMILES string of the molecule is [B]C([B])(O)Oc1ncnc(C2CC2)c1-c1ncc(OCC)c(C(=O)c2ccc(-c3nc(C(F)(F)F)cn3C)cc2)n1. The summed E-state index contributed by atoms with van der Waals surface area (Å²) in [5, 5.41) is 9.85. The molecule has 1 aliphatic rings. The standard InChI is InChI=1S/C26H21B2F3N6O4/c1-3-40-16-10-32-22(18-19(13-4-5-13)33-12-34-24(18)41-26(27,28)39)36-20(16)21(38)14-6-8-15(9-7-14)23-35-17(11-37(23)2)25(29,30)31/h6-13,39H,3-5H2,1-2H3. The number of hydrogen-bond acceptors (Lipinski definition) is 9. The molecule has 0 atom stereocenters. The van der Waals surface area contributed by atoms with E-state index in [0.717, 1.165) is 19.0 Å². The highest BCUT2D eigenvalue weighted by molar-refractivity contribution is 6.37. The van der Waals surface area contributed by atoms with E-state index in [1.54, 1.807) is 6.92 Å². The Bertz CT molecular complexity index is 1600. The smallest absolute Gasteiger partial charge is 0.434 e. The number of aromatic nitrogens is 6. The molecule has 4 radical (unpaired) electrons. The Morgan fingerprint density at radius 1 is 1.12 bits per heavy atom. The van der Waals surface area contributed by atoms with Crippen LogP contribution in [-0.2, 0) is 13.2 Å². The van der Waals surface area contributed by atoms with Gasteiger partial charge in [0, 0.05) is 30.3 Å². The first kappa shape index (κ1) is 28.3. The number of imidazole rings is 1. The zero-order valence-electron chi connectivity index (χ0n) is 21.9. The lowest BCUT2D eigenvalue weighted by atomic mass is 9.76. The van der Waals surface area contributed by atoms with Crippen LogP contribution < -0.4 is 9.47 Å². The van der Waals surface area contributed by atoms with Crippen LogP contribution in [0.5, 0.6) is 11.6 Å². The second-order valence-electron chi connectivity index (χ2n) is 9.37. The number of benzene rings is 1. The molecule has 0 bridgehead atoms. The van der Waals surface area contributed by atoms with E-state index >= 15 is 0 Å². The molecule has 0 unspecified atom stereocenters. The Morgan fingerprint density at radius 3 is 2.41 bits per heavy atom. The van der Waals surface area contributed by atoms with Crippen LogP contribution in [0.25, 0.3) is 22.8 Å². The Morgan fingerprint density at radius 2 is 1.83 bits per heavy atom. The minimum atomic E-state index is -4.59. The summed E-state index contributed by atoms with van der Waals surface area (Å²) in [6, 6.07) is 5.89. The molecule has 1 fully saturated rings. The van der Waals surface area contributed by atoms with Gasteiger partial charge in [0.15, 0.2) is 38.7 Å². The van der Waals surface area contributed by atoms with Crippen LogP contribution in [0.15, 0.2) is 43.0 Å². The van der Waals surface area contributed by atoms with Gasteiger partial charge in [-0.05, 0) is 19.8 Å². The average molecular weight is 560 g/mol. The molecular weight excluding hydrogens is 539 g/mol. The van der Waals surface area contributed by atoms with Gasteiger partial charge in [0.2, 0.25) is 11.7 Å². The van der Waals surface area contributed by atoms with Crippen LogP contribution in [0, 0.1) is 0 Å². The van der Waals surface area contributed by atoms with E-state index in [-0.39, 0.29) is 52.6 Å². The van der Waals surface area contributed by atoms with E-state index in [1.165, 1.54) is 48.4 Å². The van der Waals surface area contributed by atoms with E-state index in [4.69, 9.17) is 25.2 Å². The zero-order chi connectivity index (χ0) is 29.5. The van der Waals surface area contributed by atoms with Gasteiger partial charge in [-0.15, -0.1) is 0 Å². The van der Waals surface area contributed by atoms with E-state index in [0.29, 0.717) is 11.3 Å². The number of rotatable bonds is 9. The number of carbonyl (C=O) groups is 1. The van der Waals surface area contributed by atoms with Gasteiger partial charge in [0.05, 0.1) is 18.5 Å².